The van der Waals surface area contributed by atoms with Crippen molar-refractivity contribution in [2.24, 2.45) is 0 Å². The van der Waals surface area contributed by atoms with Gasteiger partial charge in [0.05, 0.1) is 0 Å². The Morgan fingerprint density at radius 2 is 1.84 bits per heavy atom. The first-order valence-corrected chi connectivity index (χ1v) is 8.14. The Balaban J connectivity index is 1.97. The van der Waals surface area contributed by atoms with Crippen LogP contribution >= 0.6 is 11.6 Å². The van der Waals surface area contributed by atoms with Crippen molar-refractivity contribution in [2.75, 3.05) is 13.1 Å². The number of rotatable bonds is 4. The molecule has 0 aliphatic carbocycles. The summed E-state index contributed by atoms with van der Waals surface area (Å²) in [6.45, 7) is 1.71. The van der Waals surface area contributed by atoms with E-state index in [2.05, 4.69) is 10.0 Å². The van der Waals surface area contributed by atoms with E-state index in [0.717, 1.165) is 31.5 Å². The topological polar surface area (TPSA) is 58.2 Å². The Morgan fingerprint density at radius 3 is 2.47 bits per heavy atom. The SMILES string of the molecule is O=S(=O)(/C=C/c1ccc(Cl)cc1)NC1CCNCC1. The van der Waals surface area contributed by atoms with Gasteiger partial charge < -0.3 is 5.32 Å². The Labute approximate surface area is 118 Å². The maximum Gasteiger partial charge on any atom is 0.233 e. The van der Waals surface area contributed by atoms with Gasteiger partial charge in [0.15, 0.2) is 0 Å². The number of halogens is 1. The van der Waals surface area contributed by atoms with Crippen LogP contribution in [-0.4, -0.2) is 27.5 Å². The minimum atomic E-state index is -3.38. The second-order valence-corrected chi connectivity index (χ2v) is 6.58. The summed E-state index contributed by atoms with van der Waals surface area (Å²) in [5.74, 6) is 0. The molecule has 1 aromatic carbocycles. The molecule has 4 nitrogen and oxygen atoms in total. The van der Waals surface area contributed by atoms with Gasteiger partial charge >= 0.3 is 0 Å². The largest absolute Gasteiger partial charge is 0.317 e. The highest BCUT2D eigenvalue weighted by molar-refractivity contribution is 7.92. The molecule has 1 saturated heterocycles. The molecule has 2 rings (SSSR count). The van der Waals surface area contributed by atoms with Crippen molar-refractivity contribution < 1.29 is 8.42 Å². The predicted octanol–water partition coefficient (Wildman–Crippen LogP) is 1.98. The van der Waals surface area contributed by atoms with Crippen LogP contribution in [0, 0.1) is 0 Å². The van der Waals surface area contributed by atoms with E-state index in [1.54, 1.807) is 30.3 Å². The van der Waals surface area contributed by atoms with Gasteiger partial charge in [-0.05, 0) is 49.7 Å². The highest BCUT2D eigenvalue weighted by Gasteiger charge is 2.17. The van der Waals surface area contributed by atoms with Gasteiger partial charge in [-0.2, -0.15) is 0 Å². The fourth-order valence-electron chi connectivity index (χ4n) is 1.95. The van der Waals surface area contributed by atoms with Crippen molar-refractivity contribution in [3.05, 3.63) is 40.3 Å². The van der Waals surface area contributed by atoms with Crippen LogP contribution in [0.3, 0.4) is 0 Å². The summed E-state index contributed by atoms with van der Waals surface area (Å²) in [6, 6.07) is 7.04. The summed E-state index contributed by atoms with van der Waals surface area (Å²) < 4.78 is 26.5. The third-order valence-corrected chi connectivity index (χ3v) is 4.39. The van der Waals surface area contributed by atoms with Crippen LogP contribution in [0.4, 0.5) is 0 Å². The van der Waals surface area contributed by atoms with Gasteiger partial charge in [-0.15, -0.1) is 0 Å². The molecule has 0 unspecified atom stereocenters. The zero-order chi connectivity index (χ0) is 13.7. The average Bonchev–Trinajstić information content (AvgIpc) is 2.39. The summed E-state index contributed by atoms with van der Waals surface area (Å²) in [6.07, 6.45) is 3.22. The van der Waals surface area contributed by atoms with Gasteiger partial charge in [-0.1, -0.05) is 23.7 Å². The average molecular weight is 301 g/mol. The number of nitrogens with one attached hydrogen (secondary N) is 2. The van der Waals surface area contributed by atoms with Crippen molar-refractivity contribution in [2.45, 2.75) is 18.9 Å². The molecule has 1 aliphatic rings. The van der Waals surface area contributed by atoms with Crippen LogP contribution in [0.1, 0.15) is 18.4 Å². The Kier molecular flexibility index (Phi) is 4.99. The fraction of sp³-hybridized carbons (Fsp3) is 0.385. The van der Waals surface area contributed by atoms with Crippen molar-refractivity contribution in [1.82, 2.24) is 10.0 Å². The lowest BCUT2D eigenvalue weighted by molar-refractivity contribution is 0.429. The van der Waals surface area contributed by atoms with Crippen molar-refractivity contribution in [3.63, 3.8) is 0 Å². The van der Waals surface area contributed by atoms with Crippen LogP contribution in [0.15, 0.2) is 29.7 Å². The summed E-state index contributed by atoms with van der Waals surface area (Å²) in [5.41, 5.74) is 0.806. The number of benzene rings is 1. The minimum Gasteiger partial charge on any atom is -0.317 e. The number of sulfonamides is 1. The molecule has 0 bridgehead atoms. The highest BCUT2D eigenvalue weighted by atomic mass is 35.5. The lowest BCUT2D eigenvalue weighted by Crippen LogP contribution is -2.41. The summed E-state index contributed by atoms with van der Waals surface area (Å²) >= 11 is 5.77. The Bertz CT molecular complexity index is 534. The van der Waals surface area contributed by atoms with E-state index in [0.29, 0.717) is 5.02 Å². The zero-order valence-electron chi connectivity index (χ0n) is 10.5. The zero-order valence-corrected chi connectivity index (χ0v) is 12.0. The van der Waals surface area contributed by atoms with Gasteiger partial charge in [-0.25, -0.2) is 13.1 Å². The molecule has 0 amide bonds. The van der Waals surface area contributed by atoms with E-state index in [4.69, 9.17) is 11.6 Å². The van der Waals surface area contributed by atoms with E-state index in [1.165, 1.54) is 5.41 Å². The van der Waals surface area contributed by atoms with Crippen LogP contribution < -0.4 is 10.0 Å². The van der Waals surface area contributed by atoms with E-state index in [1.807, 2.05) is 0 Å². The van der Waals surface area contributed by atoms with Crippen molar-refractivity contribution in [3.8, 4) is 0 Å². The molecular formula is C13H17ClN2O2S. The molecule has 19 heavy (non-hydrogen) atoms. The monoisotopic (exact) mass is 300 g/mol. The summed E-state index contributed by atoms with van der Waals surface area (Å²) in [7, 11) is -3.38. The van der Waals surface area contributed by atoms with Gasteiger partial charge in [0, 0.05) is 16.5 Å². The van der Waals surface area contributed by atoms with E-state index >= 15 is 0 Å². The van der Waals surface area contributed by atoms with Crippen LogP contribution in [-0.2, 0) is 10.0 Å². The molecule has 0 radical (unpaired) electrons. The molecule has 1 aliphatic heterocycles. The second kappa shape index (κ2) is 6.52. The molecule has 0 aromatic heterocycles. The first-order valence-electron chi connectivity index (χ1n) is 6.22. The van der Waals surface area contributed by atoms with Gasteiger partial charge in [0.1, 0.15) is 0 Å². The molecule has 0 saturated carbocycles. The molecule has 2 N–H and O–H groups in total. The molecular weight excluding hydrogens is 284 g/mol. The second-order valence-electron chi connectivity index (χ2n) is 4.54. The predicted molar refractivity (Wildman–Crippen MR) is 78.4 cm³/mol. The van der Waals surface area contributed by atoms with E-state index < -0.39 is 10.0 Å². The number of hydrogen-bond acceptors (Lipinski definition) is 3. The van der Waals surface area contributed by atoms with Crippen molar-refractivity contribution in [1.29, 1.82) is 0 Å². The third-order valence-electron chi connectivity index (χ3n) is 2.98. The summed E-state index contributed by atoms with van der Waals surface area (Å²) in [5, 5.41) is 5.04. The van der Waals surface area contributed by atoms with Gasteiger partial charge in [0.2, 0.25) is 10.0 Å². The fourth-order valence-corrected chi connectivity index (χ4v) is 3.19. The first kappa shape index (κ1) is 14.5. The maximum atomic E-state index is 11.9. The molecule has 1 aromatic rings. The maximum absolute atomic E-state index is 11.9. The van der Waals surface area contributed by atoms with Crippen LogP contribution in [0.2, 0.25) is 5.02 Å². The highest BCUT2D eigenvalue weighted by Crippen LogP contribution is 2.11. The molecule has 1 heterocycles. The number of hydrogen-bond donors (Lipinski definition) is 2. The normalized spacial score (nSPS) is 17.9. The Morgan fingerprint density at radius 1 is 1.21 bits per heavy atom. The Hall–Kier alpha value is -0.880. The lowest BCUT2D eigenvalue weighted by atomic mass is 10.1. The first-order chi connectivity index (χ1) is 9.05. The summed E-state index contributed by atoms with van der Waals surface area (Å²) in [4.78, 5) is 0. The smallest absolute Gasteiger partial charge is 0.233 e. The van der Waals surface area contributed by atoms with Crippen molar-refractivity contribution >= 4 is 27.7 Å². The van der Waals surface area contributed by atoms with E-state index in [-0.39, 0.29) is 6.04 Å². The molecule has 104 valence electrons. The van der Waals surface area contributed by atoms with E-state index in [9.17, 15) is 8.42 Å². The lowest BCUT2D eigenvalue weighted by Gasteiger charge is -2.22. The standard InChI is InChI=1S/C13H17ClN2O2S/c14-12-3-1-11(2-4-12)7-10-19(17,18)16-13-5-8-15-9-6-13/h1-4,7,10,13,15-16H,5-6,8-9H2/b10-7+. The molecule has 0 atom stereocenters. The number of piperidine rings is 1. The van der Waals surface area contributed by atoms with Crippen LogP contribution in [0.25, 0.3) is 6.08 Å². The van der Waals surface area contributed by atoms with Crippen LogP contribution in [0.5, 0.6) is 0 Å². The molecule has 0 spiro atoms. The third kappa shape index (κ3) is 4.95. The van der Waals surface area contributed by atoms with Gasteiger partial charge in [-0.3, -0.25) is 0 Å². The molecule has 6 heteroatoms. The quantitative estimate of drug-likeness (QED) is 0.894. The molecule has 1 fully saturated rings. The minimum absolute atomic E-state index is 0.0288. The van der Waals surface area contributed by atoms with Gasteiger partial charge in [0.25, 0.3) is 0 Å².